The van der Waals surface area contributed by atoms with Gasteiger partial charge in [-0.2, -0.15) is 0 Å². The molecular weight excluding hydrogens is 274 g/mol. The zero-order valence-electron chi connectivity index (χ0n) is 13.1. The summed E-state index contributed by atoms with van der Waals surface area (Å²) in [6.07, 6.45) is 5.26. The van der Waals surface area contributed by atoms with Crippen LogP contribution < -0.4 is 10.9 Å². The molecule has 4 heteroatoms. The normalized spacial score (nSPS) is 14.4. The molecule has 0 saturated carbocycles. The fourth-order valence-corrected chi connectivity index (χ4v) is 3.12. The molecule has 22 heavy (non-hydrogen) atoms. The van der Waals surface area contributed by atoms with Crippen LogP contribution >= 0.6 is 0 Å². The molecule has 1 aliphatic rings. The Kier molecular flexibility index (Phi) is 4.68. The van der Waals surface area contributed by atoms with E-state index in [4.69, 9.17) is 0 Å². The summed E-state index contributed by atoms with van der Waals surface area (Å²) in [5.41, 5.74) is 4.70. The zero-order valence-corrected chi connectivity index (χ0v) is 13.1. The molecule has 1 aromatic heterocycles. The van der Waals surface area contributed by atoms with Gasteiger partial charge in [-0.3, -0.25) is 9.36 Å². The molecule has 0 fully saturated rings. The lowest BCUT2D eigenvalue weighted by molar-refractivity contribution is 0.637. The largest absolute Gasteiger partial charge is 0.316 e. The smallest absolute Gasteiger partial charge is 0.256 e. The number of hydrogen-bond donors (Lipinski definition) is 1. The molecule has 0 radical (unpaired) electrons. The van der Waals surface area contributed by atoms with E-state index in [0.717, 1.165) is 50.0 Å². The first-order valence-corrected chi connectivity index (χ1v) is 8.14. The van der Waals surface area contributed by atoms with Gasteiger partial charge in [-0.1, -0.05) is 31.2 Å². The van der Waals surface area contributed by atoms with Crippen molar-refractivity contribution in [1.82, 2.24) is 14.9 Å². The molecule has 0 aliphatic carbocycles. The number of nitrogens with zero attached hydrogens (tertiary/aromatic N) is 2. The summed E-state index contributed by atoms with van der Waals surface area (Å²) in [7, 11) is 0. The third-order valence-corrected chi connectivity index (χ3v) is 4.43. The summed E-state index contributed by atoms with van der Waals surface area (Å²) >= 11 is 0. The second-order valence-corrected chi connectivity index (χ2v) is 5.79. The van der Waals surface area contributed by atoms with E-state index in [-0.39, 0.29) is 5.56 Å². The Labute approximate surface area is 131 Å². The van der Waals surface area contributed by atoms with Crippen LogP contribution in [0.1, 0.15) is 29.3 Å². The third kappa shape index (κ3) is 3.12. The van der Waals surface area contributed by atoms with Crippen molar-refractivity contribution in [3.8, 4) is 0 Å². The quantitative estimate of drug-likeness (QED) is 0.935. The molecule has 2 aromatic rings. The molecule has 1 aliphatic heterocycles. The van der Waals surface area contributed by atoms with E-state index in [1.54, 1.807) is 10.9 Å². The fraction of sp³-hybridized carbons (Fsp3) is 0.444. The van der Waals surface area contributed by atoms with Crippen molar-refractivity contribution in [2.75, 3.05) is 13.1 Å². The van der Waals surface area contributed by atoms with Crippen molar-refractivity contribution < 1.29 is 0 Å². The number of benzene rings is 1. The summed E-state index contributed by atoms with van der Waals surface area (Å²) in [6.45, 7) is 4.64. The van der Waals surface area contributed by atoms with Crippen LogP contribution in [0.15, 0.2) is 35.4 Å². The number of aromatic nitrogens is 2. The van der Waals surface area contributed by atoms with Crippen LogP contribution in [0.2, 0.25) is 0 Å². The molecule has 3 rings (SSSR count). The molecule has 0 atom stereocenters. The maximum Gasteiger partial charge on any atom is 0.256 e. The lowest BCUT2D eigenvalue weighted by atomic mass is 10.0. The highest BCUT2D eigenvalue weighted by atomic mass is 16.1. The van der Waals surface area contributed by atoms with Crippen molar-refractivity contribution in [3.05, 3.63) is 63.3 Å². The first-order valence-electron chi connectivity index (χ1n) is 8.14. The van der Waals surface area contributed by atoms with Crippen molar-refractivity contribution >= 4 is 0 Å². The van der Waals surface area contributed by atoms with Crippen LogP contribution in [-0.4, -0.2) is 22.6 Å². The monoisotopic (exact) mass is 297 g/mol. The standard InChI is InChI=1S/C18H23N3O/c1-2-14-5-3-4-6-15(14)9-12-21-13-20-17-8-11-19-10-7-16(17)18(21)22/h3-6,13,19H,2,7-12H2,1H3. The Balaban J connectivity index is 1.81. The summed E-state index contributed by atoms with van der Waals surface area (Å²) in [5.74, 6) is 0. The van der Waals surface area contributed by atoms with Gasteiger partial charge in [-0.15, -0.1) is 0 Å². The first kappa shape index (κ1) is 15.0. The van der Waals surface area contributed by atoms with Crippen LogP contribution in [0, 0.1) is 0 Å². The van der Waals surface area contributed by atoms with Crippen LogP contribution in [0.25, 0.3) is 0 Å². The predicted molar refractivity (Wildman–Crippen MR) is 88.3 cm³/mol. The van der Waals surface area contributed by atoms with Gasteiger partial charge >= 0.3 is 0 Å². The van der Waals surface area contributed by atoms with Crippen LogP contribution in [-0.2, 0) is 32.2 Å². The predicted octanol–water partition coefficient (Wildman–Crippen LogP) is 1.74. The Morgan fingerprint density at radius 3 is 2.77 bits per heavy atom. The lowest BCUT2D eigenvalue weighted by Gasteiger charge is -2.11. The van der Waals surface area contributed by atoms with E-state index in [0.29, 0.717) is 6.54 Å². The molecule has 4 nitrogen and oxygen atoms in total. The van der Waals surface area contributed by atoms with Gasteiger partial charge in [-0.05, 0) is 36.9 Å². The highest BCUT2D eigenvalue weighted by Crippen LogP contribution is 2.11. The van der Waals surface area contributed by atoms with Crippen molar-refractivity contribution in [2.45, 2.75) is 39.2 Å². The van der Waals surface area contributed by atoms with Gasteiger partial charge in [0.05, 0.1) is 12.0 Å². The molecule has 0 bridgehead atoms. The van der Waals surface area contributed by atoms with Crippen molar-refractivity contribution in [2.24, 2.45) is 0 Å². The van der Waals surface area contributed by atoms with Gasteiger partial charge in [0.25, 0.3) is 5.56 Å². The molecule has 1 aromatic carbocycles. The van der Waals surface area contributed by atoms with Gasteiger partial charge in [0.2, 0.25) is 0 Å². The molecule has 0 spiro atoms. The SMILES string of the molecule is CCc1ccccc1CCn1cnc2c(c1=O)CCNCC2. The molecule has 0 saturated heterocycles. The Bertz CT molecular complexity index is 706. The van der Waals surface area contributed by atoms with E-state index in [1.165, 1.54) is 11.1 Å². The highest BCUT2D eigenvalue weighted by molar-refractivity contribution is 5.27. The number of hydrogen-bond acceptors (Lipinski definition) is 3. The van der Waals surface area contributed by atoms with Crippen LogP contribution in [0.4, 0.5) is 0 Å². The van der Waals surface area contributed by atoms with E-state index in [9.17, 15) is 4.79 Å². The summed E-state index contributed by atoms with van der Waals surface area (Å²) in [4.78, 5) is 17.2. The summed E-state index contributed by atoms with van der Waals surface area (Å²) in [6, 6.07) is 8.47. The zero-order chi connectivity index (χ0) is 15.4. The van der Waals surface area contributed by atoms with E-state index < -0.39 is 0 Å². The first-order chi connectivity index (χ1) is 10.8. The minimum absolute atomic E-state index is 0.141. The maximum absolute atomic E-state index is 12.6. The second-order valence-electron chi connectivity index (χ2n) is 5.79. The molecule has 2 heterocycles. The Morgan fingerprint density at radius 1 is 1.18 bits per heavy atom. The van der Waals surface area contributed by atoms with Gasteiger partial charge in [-0.25, -0.2) is 4.98 Å². The van der Waals surface area contributed by atoms with E-state index in [2.05, 4.69) is 41.5 Å². The lowest BCUT2D eigenvalue weighted by Crippen LogP contribution is -2.27. The van der Waals surface area contributed by atoms with Gasteiger partial charge in [0.15, 0.2) is 0 Å². The van der Waals surface area contributed by atoms with E-state index >= 15 is 0 Å². The average molecular weight is 297 g/mol. The fourth-order valence-electron chi connectivity index (χ4n) is 3.12. The Hall–Kier alpha value is -1.94. The Morgan fingerprint density at radius 2 is 1.95 bits per heavy atom. The highest BCUT2D eigenvalue weighted by Gasteiger charge is 2.14. The number of rotatable bonds is 4. The number of nitrogens with one attached hydrogen (secondary N) is 1. The second kappa shape index (κ2) is 6.88. The van der Waals surface area contributed by atoms with Crippen LogP contribution in [0.3, 0.4) is 0 Å². The summed E-state index contributed by atoms with van der Waals surface area (Å²) in [5, 5.41) is 3.33. The number of fused-ring (bicyclic) bond motifs is 1. The third-order valence-electron chi connectivity index (χ3n) is 4.43. The van der Waals surface area contributed by atoms with Gasteiger partial charge in [0.1, 0.15) is 0 Å². The minimum atomic E-state index is 0.141. The minimum Gasteiger partial charge on any atom is -0.316 e. The van der Waals surface area contributed by atoms with E-state index in [1.807, 2.05) is 0 Å². The average Bonchev–Trinajstić information content (AvgIpc) is 2.80. The van der Waals surface area contributed by atoms with Crippen molar-refractivity contribution in [3.63, 3.8) is 0 Å². The van der Waals surface area contributed by atoms with Gasteiger partial charge in [0, 0.05) is 25.1 Å². The van der Waals surface area contributed by atoms with Gasteiger partial charge < -0.3 is 5.32 Å². The molecular formula is C18H23N3O. The molecule has 116 valence electrons. The van der Waals surface area contributed by atoms with Crippen molar-refractivity contribution in [1.29, 1.82) is 0 Å². The molecule has 1 N–H and O–H groups in total. The van der Waals surface area contributed by atoms with Crippen LogP contribution in [0.5, 0.6) is 0 Å². The maximum atomic E-state index is 12.6. The molecule has 0 unspecified atom stereocenters. The molecule has 0 amide bonds. The number of aryl methyl sites for hydroxylation is 3. The topological polar surface area (TPSA) is 46.9 Å². The summed E-state index contributed by atoms with van der Waals surface area (Å²) < 4.78 is 1.77.